The molecule has 1 fully saturated rings. The van der Waals surface area contributed by atoms with E-state index in [1.54, 1.807) is 4.90 Å². The van der Waals surface area contributed by atoms with Crippen LogP contribution in [0.2, 0.25) is 0 Å². The number of nitrogens with zero attached hydrogens (tertiary/aromatic N) is 1. The van der Waals surface area contributed by atoms with Crippen molar-refractivity contribution in [2.24, 2.45) is 11.8 Å². The summed E-state index contributed by atoms with van der Waals surface area (Å²) in [6.45, 7) is 0.620. The molecule has 1 aliphatic carbocycles. The Balaban J connectivity index is 1.62. The highest BCUT2D eigenvalue weighted by molar-refractivity contribution is 5.98. The fourth-order valence-electron chi connectivity index (χ4n) is 3.76. The van der Waals surface area contributed by atoms with Crippen molar-refractivity contribution in [3.63, 3.8) is 0 Å². The normalized spacial score (nSPS) is 23.3. The van der Waals surface area contributed by atoms with Gasteiger partial charge in [-0.3, -0.25) is 9.59 Å². The molecule has 1 amide bonds. The lowest BCUT2D eigenvalue weighted by molar-refractivity contribution is -0.146. The van der Waals surface area contributed by atoms with Crippen LogP contribution in [0.4, 0.5) is 4.39 Å². The van der Waals surface area contributed by atoms with E-state index in [1.165, 1.54) is 19.2 Å². The van der Waals surface area contributed by atoms with Crippen molar-refractivity contribution >= 4 is 11.9 Å². The second-order valence-corrected chi connectivity index (χ2v) is 6.69. The fourth-order valence-corrected chi connectivity index (χ4v) is 3.76. The molecule has 24 heavy (non-hydrogen) atoms. The van der Waals surface area contributed by atoms with Gasteiger partial charge in [-0.1, -0.05) is 0 Å². The number of aliphatic hydroxyl groups excluding tert-OH is 1. The van der Waals surface area contributed by atoms with Gasteiger partial charge in [0.1, 0.15) is 5.82 Å². The first kappa shape index (κ1) is 16.9. The summed E-state index contributed by atoms with van der Waals surface area (Å²) >= 11 is 0. The summed E-state index contributed by atoms with van der Waals surface area (Å²) in [6.07, 6.45) is 3.34. The monoisotopic (exact) mass is 335 g/mol. The summed E-state index contributed by atoms with van der Waals surface area (Å²) in [5.41, 5.74) is 1.32. The minimum absolute atomic E-state index is 0.0288. The number of carbonyl (C=O) groups excluding carboxylic acids is 2. The van der Waals surface area contributed by atoms with Crippen LogP contribution in [-0.2, 0) is 22.7 Å². The Bertz CT molecular complexity index is 653. The van der Waals surface area contributed by atoms with Crippen molar-refractivity contribution in [2.45, 2.75) is 38.8 Å². The van der Waals surface area contributed by atoms with E-state index in [1.807, 2.05) is 0 Å². The lowest BCUT2D eigenvalue weighted by Crippen LogP contribution is -2.33. The Morgan fingerprint density at radius 2 is 2.04 bits per heavy atom. The molecule has 130 valence electrons. The van der Waals surface area contributed by atoms with Crippen LogP contribution in [0.5, 0.6) is 0 Å². The van der Waals surface area contributed by atoms with Crippen LogP contribution in [-0.4, -0.2) is 35.5 Å². The van der Waals surface area contributed by atoms with E-state index in [0.29, 0.717) is 30.1 Å². The lowest BCUT2D eigenvalue weighted by Gasteiger charge is -2.30. The molecule has 3 rings (SSSR count). The fraction of sp³-hybridized carbons (Fsp3) is 0.556. The van der Waals surface area contributed by atoms with Crippen LogP contribution in [0.3, 0.4) is 0 Å². The average Bonchev–Trinajstić information content (AvgIpc) is 2.89. The SMILES string of the molecule is COC(=O)C1CCC(CN2Cc3cc(F)c(CO)cc3C2=O)CC1. The predicted octanol–water partition coefficient (Wildman–Crippen LogP) is 2.25. The topological polar surface area (TPSA) is 66.8 Å². The Hall–Kier alpha value is -1.95. The van der Waals surface area contributed by atoms with E-state index in [2.05, 4.69) is 0 Å². The van der Waals surface area contributed by atoms with Crippen molar-refractivity contribution in [3.05, 3.63) is 34.6 Å². The van der Waals surface area contributed by atoms with Crippen LogP contribution in [0, 0.1) is 17.7 Å². The number of esters is 1. The van der Waals surface area contributed by atoms with Crippen molar-refractivity contribution < 1.29 is 23.8 Å². The maximum Gasteiger partial charge on any atom is 0.308 e. The quantitative estimate of drug-likeness (QED) is 0.857. The van der Waals surface area contributed by atoms with Crippen molar-refractivity contribution in [3.8, 4) is 0 Å². The van der Waals surface area contributed by atoms with Gasteiger partial charge in [-0.05, 0) is 49.3 Å². The predicted molar refractivity (Wildman–Crippen MR) is 84.5 cm³/mol. The molecule has 1 aliphatic heterocycles. The third-order valence-electron chi connectivity index (χ3n) is 5.18. The molecule has 0 saturated heterocycles. The molecular formula is C18H22FNO4. The van der Waals surface area contributed by atoms with E-state index in [9.17, 15) is 14.0 Å². The summed E-state index contributed by atoms with van der Waals surface area (Å²) in [4.78, 5) is 25.8. The summed E-state index contributed by atoms with van der Waals surface area (Å²) in [5, 5.41) is 9.15. The summed E-state index contributed by atoms with van der Waals surface area (Å²) < 4.78 is 18.6. The zero-order valence-electron chi connectivity index (χ0n) is 13.8. The Morgan fingerprint density at radius 1 is 1.33 bits per heavy atom. The van der Waals surface area contributed by atoms with Gasteiger partial charge in [0.25, 0.3) is 5.91 Å². The summed E-state index contributed by atoms with van der Waals surface area (Å²) in [7, 11) is 1.41. The minimum atomic E-state index is -0.468. The molecule has 0 unspecified atom stereocenters. The lowest BCUT2D eigenvalue weighted by atomic mass is 9.82. The molecule has 1 heterocycles. The van der Waals surface area contributed by atoms with Gasteiger partial charge in [0.05, 0.1) is 19.6 Å². The molecule has 0 radical (unpaired) electrons. The number of aliphatic hydroxyl groups is 1. The van der Waals surface area contributed by atoms with Crippen LogP contribution in [0.15, 0.2) is 12.1 Å². The Kier molecular flexibility index (Phi) is 4.85. The highest BCUT2D eigenvalue weighted by Crippen LogP contribution is 2.33. The van der Waals surface area contributed by atoms with Gasteiger partial charge >= 0.3 is 5.97 Å². The number of benzene rings is 1. The van der Waals surface area contributed by atoms with Gasteiger partial charge in [0.15, 0.2) is 0 Å². The minimum Gasteiger partial charge on any atom is -0.469 e. The molecule has 5 nitrogen and oxygen atoms in total. The molecule has 6 heteroatoms. The van der Waals surface area contributed by atoms with E-state index in [4.69, 9.17) is 9.84 Å². The maximum atomic E-state index is 13.8. The number of carbonyl (C=O) groups is 2. The third-order valence-corrected chi connectivity index (χ3v) is 5.18. The molecule has 1 saturated carbocycles. The largest absolute Gasteiger partial charge is 0.469 e. The van der Waals surface area contributed by atoms with Crippen molar-refractivity contribution in [2.75, 3.05) is 13.7 Å². The summed E-state index contributed by atoms with van der Waals surface area (Å²) in [5.74, 6) is -0.394. The Labute approximate surface area is 140 Å². The van der Waals surface area contributed by atoms with Gasteiger partial charge in [0.2, 0.25) is 0 Å². The van der Waals surface area contributed by atoms with Crippen molar-refractivity contribution in [1.29, 1.82) is 0 Å². The van der Waals surface area contributed by atoms with Crippen LogP contribution < -0.4 is 0 Å². The molecule has 0 atom stereocenters. The van der Waals surface area contributed by atoms with Crippen LogP contribution in [0.1, 0.15) is 47.2 Å². The Morgan fingerprint density at radius 3 is 2.67 bits per heavy atom. The molecule has 1 N–H and O–H groups in total. The zero-order chi connectivity index (χ0) is 17.3. The second kappa shape index (κ2) is 6.89. The van der Waals surface area contributed by atoms with Crippen LogP contribution >= 0.6 is 0 Å². The van der Waals surface area contributed by atoms with Gasteiger partial charge in [0, 0.05) is 24.2 Å². The number of halogens is 1. The number of methoxy groups -OCH3 is 1. The van der Waals surface area contributed by atoms with Crippen molar-refractivity contribution in [1.82, 2.24) is 4.90 Å². The molecule has 1 aromatic rings. The van der Waals surface area contributed by atoms with Gasteiger partial charge in [-0.25, -0.2) is 4.39 Å². The molecule has 1 aromatic carbocycles. The first-order chi connectivity index (χ1) is 11.5. The van der Waals surface area contributed by atoms with E-state index < -0.39 is 12.4 Å². The smallest absolute Gasteiger partial charge is 0.308 e. The summed E-state index contributed by atoms with van der Waals surface area (Å²) in [6, 6.07) is 2.81. The average molecular weight is 335 g/mol. The molecule has 0 aromatic heterocycles. The van der Waals surface area contributed by atoms with Crippen LogP contribution in [0.25, 0.3) is 0 Å². The molecule has 0 spiro atoms. The number of amides is 1. The standard InChI is InChI=1S/C18H22FNO4/c1-24-18(23)12-4-2-11(3-5-12)8-20-9-13-7-16(19)14(10-21)6-15(13)17(20)22/h6-7,11-12,21H,2-5,8-10H2,1H3. The molecule has 2 aliphatic rings. The van der Waals surface area contributed by atoms with E-state index in [0.717, 1.165) is 25.7 Å². The highest BCUT2D eigenvalue weighted by Gasteiger charge is 2.33. The molecular weight excluding hydrogens is 313 g/mol. The first-order valence-electron chi connectivity index (χ1n) is 8.32. The number of hydrogen-bond acceptors (Lipinski definition) is 4. The number of rotatable bonds is 4. The zero-order valence-corrected chi connectivity index (χ0v) is 13.8. The van der Waals surface area contributed by atoms with Gasteiger partial charge in [-0.2, -0.15) is 0 Å². The van der Waals surface area contributed by atoms with Gasteiger partial charge < -0.3 is 14.7 Å². The number of hydrogen-bond donors (Lipinski definition) is 1. The first-order valence-corrected chi connectivity index (χ1v) is 8.32. The van der Waals surface area contributed by atoms with E-state index in [-0.39, 0.29) is 23.4 Å². The third kappa shape index (κ3) is 3.15. The van der Waals surface area contributed by atoms with E-state index >= 15 is 0 Å². The van der Waals surface area contributed by atoms with Gasteiger partial charge in [-0.15, -0.1) is 0 Å². The second-order valence-electron chi connectivity index (χ2n) is 6.69. The highest BCUT2D eigenvalue weighted by atomic mass is 19.1. The number of fused-ring (bicyclic) bond motifs is 1. The number of ether oxygens (including phenoxy) is 1. The molecule has 0 bridgehead atoms. The maximum absolute atomic E-state index is 13.8.